The van der Waals surface area contributed by atoms with Crippen LogP contribution in [-0.4, -0.2) is 29.0 Å². The van der Waals surface area contributed by atoms with Gasteiger partial charge in [-0.15, -0.1) is 10.2 Å². The average molecular weight is 253 g/mol. The molecule has 1 aliphatic heterocycles. The lowest BCUT2D eigenvalue weighted by atomic mass is 10.2. The molecule has 0 aromatic carbocycles. The number of nitrogens with one attached hydrogen (secondary N) is 1. The highest BCUT2D eigenvalue weighted by Gasteiger charge is 2.36. The van der Waals surface area contributed by atoms with Gasteiger partial charge in [0.2, 0.25) is 10.1 Å². The summed E-state index contributed by atoms with van der Waals surface area (Å²) >= 11 is 0.515. The Kier molecular flexibility index (Phi) is 3.02. The molecule has 1 aromatic heterocycles. The van der Waals surface area contributed by atoms with Crippen LogP contribution >= 0.6 is 11.3 Å². The maximum atomic E-state index is 12.2. The SMILES string of the molecule is C[C@@H]1OCC[C@H]1Nc1nnc(C(F)(F)F)s1. The molecular formula is C8H10F3N3OS. The number of rotatable bonds is 2. The van der Waals surface area contributed by atoms with Crippen molar-refractivity contribution in [2.24, 2.45) is 0 Å². The number of aromatic nitrogens is 2. The fraction of sp³-hybridized carbons (Fsp3) is 0.750. The van der Waals surface area contributed by atoms with Crippen molar-refractivity contribution in [1.29, 1.82) is 0 Å². The maximum Gasteiger partial charge on any atom is 0.445 e. The van der Waals surface area contributed by atoms with Gasteiger partial charge in [0, 0.05) is 6.61 Å². The molecule has 4 nitrogen and oxygen atoms in total. The second-order valence-corrected chi connectivity index (χ2v) is 4.50. The van der Waals surface area contributed by atoms with Gasteiger partial charge in [-0.25, -0.2) is 0 Å². The van der Waals surface area contributed by atoms with Crippen LogP contribution in [0.25, 0.3) is 0 Å². The minimum absolute atomic E-state index is 0.00836. The molecule has 2 rings (SSSR count). The topological polar surface area (TPSA) is 47.0 Å². The van der Waals surface area contributed by atoms with Crippen LogP contribution in [0.4, 0.5) is 18.3 Å². The molecule has 0 spiro atoms. The zero-order valence-electron chi connectivity index (χ0n) is 8.41. The second kappa shape index (κ2) is 4.17. The largest absolute Gasteiger partial charge is 0.445 e. The molecule has 0 amide bonds. The molecule has 0 saturated carbocycles. The summed E-state index contributed by atoms with van der Waals surface area (Å²) in [5.74, 6) is 0. The molecule has 16 heavy (non-hydrogen) atoms. The van der Waals surface area contributed by atoms with Crippen LogP contribution < -0.4 is 5.32 Å². The first-order valence-corrected chi connectivity index (χ1v) is 5.57. The van der Waals surface area contributed by atoms with Gasteiger partial charge in [-0.1, -0.05) is 11.3 Å². The highest BCUT2D eigenvalue weighted by atomic mass is 32.1. The number of halogens is 3. The van der Waals surface area contributed by atoms with E-state index in [2.05, 4.69) is 15.5 Å². The standard InChI is InChI=1S/C8H10F3N3OS/c1-4-5(2-3-15-4)12-7-14-13-6(16-7)8(9,10)11/h4-5H,2-3H2,1H3,(H,12,14)/t4-,5+/m0/s1. The lowest BCUT2D eigenvalue weighted by Gasteiger charge is -2.14. The molecule has 0 radical (unpaired) electrons. The third-order valence-corrected chi connectivity index (χ3v) is 3.25. The highest BCUT2D eigenvalue weighted by molar-refractivity contribution is 7.15. The molecule has 0 bridgehead atoms. The third-order valence-electron chi connectivity index (χ3n) is 2.35. The third kappa shape index (κ3) is 2.43. The van der Waals surface area contributed by atoms with Crippen LogP contribution in [0.2, 0.25) is 0 Å². The normalized spacial score (nSPS) is 26.0. The Morgan fingerprint density at radius 3 is 2.69 bits per heavy atom. The van der Waals surface area contributed by atoms with E-state index >= 15 is 0 Å². The van der Waals surface area contributed by atoms with Crippen LogP contribution in [-0.2, 0) is 10.9 Å². The Bertz CT molecular complexity index is 368. The quantitative estimate of drug-likeness (QED) is 0.877. The Hall–Kier alpha value is -0.890. The van der Waals surface area contributed by atoms with E-state index in [4.69, 9.17) is 4.74 Å². The van der Waals surface area contributed by atoms with E-state index in [0.717, 1.165) is 6.42 Å². The molecule has 1 saturated heterocycles. The zero-order valence-corrected chi connectivity index (χ0v) is 9.23. The van der Waals surface area contributed by atoms with Gasteiger partial charge in [0.15, 0.2) is 0 Å². The summed E-state index contributed by atoms with van der Waals surface area (Å²) in [7, 11) is 0. The molecule has 0 unspecified atom stereocenters. The Morgan fingerprint density at radius 2 is 2.19 bits per heavy atom. The van der Waals surface area contributed by atoms with Crippen molar-refractivity contribution in [3.05, 3.63) is 5.01 Å². The van der Waals surface area contributed by atoms with Crippen LogP contribution in [0.3, 0.4) is 0 Å². The first-order valence-electron chi connectivity index (χ1n) is 4.75. The number of anilines is 1. The Labute approximate surface area is 93.8 Å². The Balaban J connectivity index is 2.03. The van der Waals surface area contributed by atoms with Crippen molar-refractivity contribution < 1.29 is 17.9 Å². The van der Waals surface area contributed by atoms with Gasteiger partial charge in [-0.3, -0.25) is 0 Å². The van der Waals surface area contributed by atoms with Crippen molar-refractivity contribution in [2.75, 3.05) is 11.9 Å². The fourth-order valence-corrected chi connectivity index (χ4v) is 2.15. The molecule has 1 aromatic rings. The van der Waals surface area contributed by atoms with E-state index in [1.54, 1.807) is 0 Å². The number of nitrogens with zero attached hydrogens (tertiary/aromatic N) is 2. The van der Waals surface area contributed by atoms with Gasteiger partial charge >= 0.3 is 6.18 Å². The van der Waals surface area contributed by atoms with Crippen molar-refractivity contribution in [3.63, 3.8) is 0 Å². The van der Waals surface area contributed by atoms with Crippen molar-refractivity contribution in [1.82, 2.24) is 10.2 Å². The summed E-state index contributed by atoms with van der Waals surface area (Å²) in [4.78, 5) is 0. The maximum absolute atomic E-state index is 12.2. The van der Waals surface area contributed by atoms with Crippen molar-refractivity contribution >= 4 is 16.5 Å². The lowest BCUT2D eigenvalue weighted by Crippen LogP contribution is -2.26. The van der Waals surface area contributed by atoms with E-state index in [0.29, 0.717) is 17.9 Å². The number of alkyl halides is 3. The smallest absolute Gasteiger partial charge is 0.376 e. The van der Waals surface area contributed by atoms with Gasteiger partial charge < -0.3 is 10.1 Å². The average Bonchev–Trinajstić information content (AvgIpc) is 2.76. The summed E-state index contributed by atoms with van der Waals surface area (Å²) < 4.78 is 42.0. The van der Waals surface area contributed by atoms with Crippen LogP contribution in [0, 0.1) is 0 Å². The minimum atomic E-state index is -4.42. The van der Waals surface area contributed by atoms with Crippen molar-refractivity contribution in [2.45, 2.75) is 31.7 Å². The molecule has 0 aliphatic carbocycles. The van der Waals surface area contributed by atoms with E-state index in [-0.39, 0.29) is 17.3 Å². The first-order chi connectivity index (χ1) is 7.47. The molecular weight excluding hydrogens is 243 g/mol. The van der Waals surface area contributed by atoms with Crippen LogP contribution in [0.1, 0.15) is 18.4 Å². The molecule has 1 fully saturated rings. The van der Waals surface area contributed by atoms with E-state index in [1.807, 2.05) is 6.92 Å². The molecule has 90 valence electrons. The molecule has 2 atom stereocenters. The summed E-state index contributed by atoms with van der Waals surface area (Å²) in [6, 6.07) is 0.00836. The summed E-state index contributed by atoms with van der Waals surface area (Å²) in [6.45, 7) is 2.49. The van der Waals surface area contributed by atoms with E-state index in [1.165, 1.54) is 0 Å². The molecule has 2 heterocycles. The van der Waals surface area contributed by atoms with Gasteiger partial charge in [0.25, 0.3) is 0 Å². The van der Waals surface area contributed by atoms with E-state index in [9.17, 15) is 13.2 Å². The predicted octanol–water partition coefficient (Wildman–Crippen LogP) is 2.15. The molecule has 8 heteroatoms. The first kappa shape index (κ1) is 11.6. The minimum Gasteiger partial charge on any atom is -0.376 e. The molecule has 1 aliphatic rings. The summed E-state index contributed by atoms with van der Waals surface area (Å²) in [6.07, 6.45) is -3.67. The van der Waals surface area contributed by atoms with Gasteiger partial charge in [-0.05, 0) is 13.3 Å². The summed E-state index contributed by atoms with van der Waals surface area (Å²) in [5, 5.41) is 8.72. The number of ether oxygens (including phenoxy) is 1. The Morgan fingerprint density at radius 1 is 1.44 bits per heavy atom. The lowest BCUT2D eigenvalue weighted by molar-refractivity contribution is -0.138. The van der Waals surface area contributed by atoms with Gasteiger partial charge in [0.1, 0.15) is 0 Å². The monoisotopic (exact) mass is 253 g/mol. The van der Waals surface area contributed by atoms with Gasteiger partial charge in [-0.2, -0.15) is 13.2 Å². The van der Waals surface area contributed by atoms with Crippen LogP contribution in [0.5, 0.6) is 0 Å². The fourth-order valence-electron chi connectivity index (χ4n) is 1.48. The number of hydrogen-bond acceptors (Lipinski definition) is 5. The van der Waals surface area contributed by atoms with E-state index < -0.39 is 11.2 Å². The second-order valence-electron chi connectivity index (χ2n) is 3.53. The predicted molar refractivity (Wildman–Crippen MR) is 52.4 cm³/mol. The molecule has 1 N–H and O–H groups in total. The number of hydrogen-bond donors (Lipinski definition) is 1. The zero-order chi connectivity index (χ0) is 11.8. The highest BCUT2D eigenvalue weighted by Crippen LogP contribution is 2.33. The van der Waals surface area contributed by atoms with Crippen LogP contribution in [0.15, 0.2) is 0 Å². The van der Waals surface area contributed by atoms with Crippen molar-refractivity contribution in [3.8, 4) is 0 Å². The summed E-state index contributed by atoms with van der Waals surface area (Å²) in [5.41, 5.74) is 0. The van der Waals surface area contributed by atoms with Gasteiger partial charge in [0.05, 0.1) is 12.1 Å².